The summed E-state index contributed by atoms with van der Waals surface area (Å²) in [6.45, 7) is 4.77. The minimum Gasteiger partial charge on any atom is -0.466 e. The van der Waals surface area contributed by atoms with E-state index in [4.69, 9.17) is 21.3 Å². The van der Waals surface area contributed by atoms with E-state index < -0.39 is 0 Å². The summed E-state index contributed by atoms with van der Waals surface area (Å²) in [5, 5.41) is 0.710. The lowest BCUT2D eigenvalue weighted by molar-refractivity contribution is -0.149. The van der Waals surface area contributed by atoms with Gasteiger partial charge < -0.3 is 9.14 Å². The number of nitrogens with zero attached hydrogens (tertiary/aromatic N) is 3. The minimum absolute atomic E-state index is 0.00111. The summed E-state index contributed by atoms with van der Waals surface area (Å²) in [6, 6.07) is 22.5. The van der Waals surface area contributed by atoms with E-state index in [9.17, 15) is 4.79 Å². The Morgan fingerprint density at radius 3 is 2.38 bits per heavy atom. The molecule has 6 heteroatoms. The van der Waals surface area contributed by atoms with Gasteiger partial charge in [-0.15, -0.1) is 0 Å². The number of hydrogen-bond donors (Lipinski definition) is 0. The molecule has 0 amide bonds. The maximum atomic E-state index is 12.2. The van der Waals surface area contributed by atoms with Crippen LogP contribution in [0.25, 0.3) is 28.0 Å². The minimum atomic E-state index is -0.0636. The molecule has 1 aliphatic rings. The van der Waals surface area contributed by atoms with Crippen molar-refractivity contribution in [2.45, 2.75) is 26.3 Å². The van der Waals surface area contributed by atoms with Crippen LogP contribution < -0.4 is 0 Å². The van der Waals surface area contributed by atoms with Crippen LogP contribution in [0.15, 0.2) is 72.9 Å². The largest absolute Gasteiger partial charge is 0.466 e. The van der Waals surface area contributed by atoms with Gasteiger partial charge in [0.2, 0.25) is 0 Å². The van der Waals surface area contributed by atoms with Gasteiger partial charge in [-0.1, -0.05) is 54.1 Å². The van der Waals surface area contributed by atoms with Crippen LogP contribution in [0, 0.1) is 5.92 Å². The zero-order valence-corrected chi connectivity index (χ0v) is 20.0. The molecule has 34 heavy (non-hydrogen) atoms. The summed E-state index contributed by atoms with van der Waals surface area (Å²) in [5.41, 5.74) is 6.40. The number of carbonyl (C=O) groups is 1. The van der Waals surface area contributed by atoms with Gasteiger partial charge in [0.25, 0.3) is 0 Å². The Labute approximate surface area is 205 Å². The first-order chi connectivity index (χ1) is 16.6. The zero-order valence-electron chi connectivity index (χ0n) is 19.3. The highest BCUT2D eigenvalue weighted by Crippen LogP contribution is 2.30. The topological polar surface area (TPSA) is 46.8 Å². The van der Waals surface area contributed by atoms with Crippen LogP contribution in [0.5, 0.6) is 0 Å². The molecular formula is C28H28ClN3O2. The predicted octanol–water partition coefficient (Wildman–Crippen LogP) is 6.10. The van der Waals surface area contributed by atoms with Gasteiger partial charge in [0.1, 0.15) is 5.65 Å². The fraction of sp³-hybridized carbons (Fsp3) is 0.286. The average Bonchev–Trinajstić information content (AvgIpc) is 3.23. The molecule has 0 radical (unpaired) electrons. The Hall–Kier alpha value is -3.15. The molecule has 5 nitrogen and oxygen atoms in total. The molecule has 0 aliphatic carbocycles. The number of imidazole rings is 1. The Morgan fingerprint density at radius 2 is 1.68 bits per heavy atom. The van der Waals surface area contributed by atoms with Crippen LogP contribution in [-0.4, -0.2) is 40.0 Å². The first-order valence-electron chi connectivity index (χ1n) is 11.8. The molecule has 0 bridgehead atoms. The van der Waals surface area contributed by atoms with Crippen LogP contribution >= 0.6 is 11.6 Å². The molecule has 0 atom stereocenters. The van der Waals surface area contributed by atoms with Crippen LogP contribution in [-0.2, 0) is 16.1 Å². The van der Waals surface area contributed by atoms with E-state index in [1.807, 2.05) is 37.3 Å². The second-order valence-corrected chi connectivity index (χ2v) is 9.16. The highest BCUT2D eigenvalue weighted by Gasteiger charge is 2.27. The fourth-order valence-electron chi connectivity index (χ4n) is 4.68. The van der Waals surface area contributed by atoms with Crippen molar-refractivity contribution in [3.05, 3.63) is 83.6 Å². The molecule has 2 aromatic carbocycles. The second-order valence-electron chi connectivity index (χ2n) is 8.73. The van der Waals surface area contributed by atoms with Gasteiger partial charge in [-0.05, 0) is 68.2 Å². The summed E-state index contributed by atoms with van der Waals surface area (Å²) in [5.74, 6) is -0.0647. The van der Waals surface area contributed by atoms with E-state index in [1.165, 1.54) is 5.56 Å². The SMILES string of the molecule is CCOC(=O)C1CCN(Cc2c(-c3ccc(Cl)cc3)nc3ccc(-c4ccccc4)cn23)CC1. The molecule has 3 heterocycles. The molecule has 1 fully saturated rings. The van der Waals surface area contributed by atoms with Crippen LogP contribution in [0.1, 0.15) is 25.5 Å². The Balaban J connectivity index is 1.49. The molecule has 174 valence electrons. The number of likely N-dealkylation sites (tertiary alicyclic amines) is 1. The first kappa shape index (κ1) is 22.6. The number of aromatic nitrogens is 2. The third-order valence-electron chi connectivity index (χ3n) is 6.52. The number of benzene rings is 2. The van der Waals surface area contributed by atoms with E-state index in [2.05, 4.69) is 51.9 Å². The number of ether oxygens (including phenoxy) is 1. The third-order valence-corrected chi connectivity index (χ3v) is 6.78. The highest BCUT2D eigenvalue weighted by molar-refractivity contribution is 6.30. The average molecular weight is 474 g/mol. The van der Waals surface area contributed by atoms with Crippen LogP contribution in [0.4, 0.5) is 0 Å². The van der Waals surface area contributed by atoms with Crippen molar-refractivity contribution in [1.29, 1.82) is 0 Å². The monoisotopic (exact) mass is 473 g/mol. The van der Waals surface area contributed by atoms with Gasteiger partial charge in [-0.2, -0.15) is 0 Å². The van der Waals surface area contributed by atoms with E-state index in [0.29, 0.717) is 11.6 Å². The summed E-state index contributed by atoms with van der Waals surface area (Å²) in [7, 11) is 0. The highest BCUT2D eigenvalue weighted by atomic mass is 35.5. The second kappa shape index (κ2) is 10.00. The van der Waals surface area contributed by atoms with E-state index >= 15 is 0 Å². The van der Waals surface area contributed by atoms with Gasteiger partial charge in [0.15, 0.2) is 0 Å². The summed E-state index contributed by atoms with van der Waals surface area (Å²) in [6.07, 6.45) is 3.82. The number of rotatable bonds is 6. The molecule has 1 aliphatic heterocycles. The van der Waals surface area contributed by atoms with Gasteiger partial charge in [-0.25, -0.2) is 4.98 Å². The Kier molecular flexibility index (Phi) is 6.66. The number of halogens is 1. The van der Waals surface area contributed by atoms with Crippen molar-refractivity contribution in [2.24, 2.45) is 5.92 Å². The van der Waals surface area contributed by atoms with Crippen molar-refractivity contribution >= 4 is 23.2 Å². The first-order valence-corrected chi connectivity index (χ1v) is 12.2. The lowest BCUT2D eigenvalue weighted by atomic mass is 9.96. The van der Waals surface area contributed by atoms with Crippen molar-refractivity contribution in [3.63, 3.8) is 0 Å². The molecule has 2 aromatic heterocycles. The number of hydrogen-bond acceptors (Lipinski definition) is 4. The summed E-state index contributed by atoms with van der Waals surface area (Å²) in [4.78, 5) is 19.6. The van der Waals surface area contributed by atoms with Crippen LogP contribution in [0.2, 0.25) is 5.02 Å². The third kappa shape index (κ3) is 4.72. The number of fused-ring (bicyclic) bond motifs is 1. The quantitative estimate of drug-likeness (QED) is 0.317. The normalized spacial score (nSPS) is 15.0. The standard InChI is InChI=1S/C28H28ClN3O2/c1-2-34-28(33)22-14-16-31(17-15-22)19-25-27(21-8-11-24(29)12-9-21)30-26-13-10-23(18-32(25)26)20-6-4-3-5-7-20/h3-13,18,22H,2,14-17,19H2,1H3. The molecule has 4 aromatic rings. The van der Waals surface area contributed by atoms with Crippen molar-refractivity contribution < 1.29 is 9.53 Å². The molecule has 1 saturated heterocycles. The molecule has 5 rings (SSSR count). The van der Waals surface area contributed by atoms with Gasteiger partial charge >= 0.3 is 5.97 Å². The smallest absolute Gasteiger partial charge is 0.309 e. The maximum Gasteiger partial charge on any atom is 0.309 e. The van der Waals surface area contributed by atoms with Crippen LogP contribution in [0.3, 0.4) is 0 Å². The fourth-order valence-corrected chi connectivity index (χ4v) is 4.81. The molecular weight excluding hydrogens is 446 g/mol. The number of piperidine rings is 1. The number of esters is 1. The van der Waals surface area contributed by atoms with E-state index in [0.717, 1.165) is 60.6 Å². The van der Waals surface area contributed by atoms with Crippen molar-refractivity contribution in [1.82, 2.24) is 14.3 Å². The molecule has 0 N–H and O–H groups in total. The van der Waals surface area contributed by atoms with Gasteiger partial charge in [-0.3, -0.25) is 9.69 Å². The Morgan fingerprint density at radius 1 is 0.971 bits per heavy atom. The number of pyridine rings is 1. The summed E-state index contributed by atoms with van der Waals surface area (Å²) < 4.78 is 7.45. The lowest BCUT2D eigenvalue weighted by Gasteiger charge is -2.30. The molecule has 0 saturated carbocycles. The lowest BCUT2D eigenvalue weighted by Crippen LogP contribution is -2.36. The molecule has 0 spiro atoms. The Bertz CT molecular complexity index is 1280. The van der Waals surface area contributed by atoms with Gasteiger partial charge in [0.05, 0.1) is 23.9 Å². The van der Waals surface area contributed by atoms with Crippen molar-refractivity contribution in [3.8, 4) is 22.4 Å². The van der Waals surface area contributed by atoms with E-state index in [1.54, 1.807) is 0 Å². The van der Waals surface area contributed by atoms with E-state index in [-0.39, 0.29) is 11.9 Å². The molecule has 0 unspecified atom stereocenters. The van der Waals surface area contributed by atoms with Gasteiger partial charge in [0, 0.05) is 23.3 Å². The summed E-state index contributed by atoms with van der Waals surface area (Å²) >= 11 is 6.15. The van der Waals surface area contributed by atoms with Crippen molar-refractivity contribution in [2.75, 3.05) is 19.7 Å². The number of carbonyl (C=O) groups excluding carboxylic acids is 1. The predicted molar refractivity (Wildman–Crippen MR) is 136 cm³/mol. The zero-order chi connectivity index (χ0) is 23.5. The maximum absolute atomic E-state index is 12.2.